The smallest absolute Gasteiger partial charge is 0.343 e. The normalized spacial score (nSPS) is 14.9. The third-order valence-electron chi connectivity index (χ3n) is 3.62. The monoisotopic (exact) mass is 405 g/mol. The SMILES string of the molecule is O=C(NCC(F)(F)F)c1ccc(S(=O)(=O)Nc2nc(C3CC3)cs2)cc1. The standard InChI is InChI=1S/C15H14F3N3O3S2/c16-15(17,18)8-19-13(22)10-3-5-11(6-4-10)26(23,24)21-14-20-12(7-25-14)9-1-2-9/h3-7,9H,1-2,8H2,(H,19,22)(H,20,21). The highest BCUT2D eigenvalue weighted by Gasteiger charge is 2.28. The van der Waals surface area contributed by atoms with Crippen molar-refractivity contribution in [2.45, 2.75) is 29.8 Å². The van der Waals surface area contributed by atoms with E-state index in [4.69, 9.17) is 0 Å². The molecule has 0 unspecified atom stereocenters. The number of alkyl halides is 3. The van der Waals surface area contributed by atoms with Crippen LogP contribution >= 0.6 is 11.3 Å². The summed E-state index contributed by atoms with van der Waals surface area (Å²) >= 11 is 1.18. The van der Waals surface area contributed by atoms with E-state index in [0.29, 0.717) is 5.92 Å². The van der Waals surface area contributed by atoms with Gasteiger partial charge in [0.1, 0.15) is 6.54 Å². The Kier molecular flexibility index (Phi) is 4.93. The lowest BCUT2D eigenvalue weighted by Crippen LogP contribution is -2.33. The van der Waals surface area contributed by atoms with Crippen molar-refractivity contribution in [3.8, 4) is 0 Å². The average molecular weight is 405 g/mol. The van der Waals surface area contributed by atoms with Crippen LogP contribution in [0.25, 0.3) is 0 Å². The molecule has 0 saturated heterocycles. The van der Waals surface area contributed by atoms with Gasteiger partial charge in [-0.2, -0.15) is 13.2 Å². The lowest BCUT2D eigenvalue weighted by Gasteiger charge is -2.09. The third-order valence-corrected chi connectivity index (χ3v) is 5.88. The quantitative estimate of drug-likeness (QED) is 0.773. The van der Waals surface area contributed by atoms with Crippen LogP contribution in [-0.4, -0.2) is 32.0 Å². The van der Waals surface area contributed by atoms with Crippen molar-refractivity contribution in [1.29, 1.82) is 0 Å². The molecule has 3 rings (SSSR count). The molecule has 1 aliphatic rings. The minimum Gasteiger partial charge on any atom is -0.343 e. The predicted octanol–water partition coefficient (Wildman–Crippen LogP) is 3.11. The second-order valence-corrected chi connectivity index (χ2v) is 8.32. The second kappa shape index (κ2) is 6.88. The zero-order chi connectivity index (χ0) is 18.9. The number of anilines is 1. The Balaban J connectivity index is 1.67. The van der Waals surface area contributed by atoms with Crippen molar-refractivity contribution in [1.82, 2.24) is 10.3 Å². The second-order valence-electron chi connectivity index (χ2n) is 5.78. The predicted molar refractivity (Wildman–Crippen MR) is 89.7 cm³/mol. The maximum atomic E-state index is 12.3. The van der Waals surface area contributed by atoms with Gasteiger partial charge in [-0.05, 0) is 37.1 Å². The number of nitrogens with one attached hydrogen (secondary N) is 2. The topological polar surface area (TPSA) is 88.2 Å². The van der Waals surface area contributed by atoms with Crippen LogP contribution in [0, 0.1) is 0 Å². The van der Waals surface area contributed by atoms with Gasteiger partial charge in [0.2, 0.25) is 0 Å². The zero-order valence-corrected chi connectivity index (χ0v) is 14.8. The van der Waals surface area contributed by atoms with Crippen molar-refractivity contribution >= 4 is 32.4 Å². The zero-order valence-electron chi connectivity index (χ0n) is 13.2. The van der Waals surface area contributed by atoms with Crippen molar-refractivity contribution < 1.29 is 26.4 Å². The highest BCUT2D eigenvalue weighted by atomic mass is 32.2. The molecule has 140 valence electrons. The summed E-state index contributed by atoms with van der Waals surface area (Å²) in [5, 5.41) is 3.78. The molecule has 1 fully saturated rings. The third kappa shape index (κ3) is 4.73. The van der Waals surface area contributed by atoms with Crippen LogP contribution in [0.1, 0.15) is 34.8 Å². The summed E-state index contributed by atoms with van der Waals surface area (Å²) in [7, 11) is -3.90. The molecule has 2 aromatic rings. The molecule has 26 heavy (non-hydrogen) atoms. The van der Waals surface area contributed by atoms with E-state index in [1.807, 2.05) is 5.38 Å². The minimum absolute atomic E-state index is 0.0709. The Morgan fingerprint density at radius 1 is 1.23 bits per heavy atom. The molecular formula is C15H14F3N3O3S2. The fourth-order valence-corrected chi connectivity index (χ4v) is 4.19. The number of nitrogens with zero attached hydrogens (tertiary/aromatic N) is 1. The van der Waals surface area contributed by atoms with Gasteiger partial charge in [-0.1, -0.05) is 0 Å². The van der Waals surface area contributed by atoms with Gasteiger partial charge >= 0.3 is 6.18 Å². The molecule has 1 saturated carbocycles. The van der Waals surface area contributed by atoms with E-state index in [1.165, 1.54) is 11.3 Å². The summed E-state index contributed by atoms with van der Waals surface area (Å²) < 4.78 is 63.4. The van der Waals surface area contributed by atoms with Gasteiger partial charge in [0.25, 0.3) is 15.9 Å². The van der Waals surface area contributed by atoms with E-state index in [9.17, 15) is 26.4 Å². The first-order valence-electron chi connectivity index (χ1n) is 7.57. The molecule has 1 heterocycles. The summed E-state index contributed by atoms with van der Waals surface area (Å²) in [6.07, 6.45) is -2.42. The Morgan fingerprint density at radius 2 is 1.88 bits per heavy atom. The molecule has 0 aliphatic heterocycles. The van der Waals surface area contributed by atoms with Crippen LogP contribution in [0.5, 0.6) is 0 Å². The number of sulfonamides is 1. The molecule has 1 amide bonds. The molecule has 1 aromatic heterocycles. The minimum atomic E-state index is -4.52. The molecule has 0 bridgehead atoms. The number of amides is 1. The van der Waals surface area contributed by atoms with Crippen LogP contribution in [-0.2, 0) is 10.0 Å². The first-order valence-corrected chi connectivity index (χ1v) is 9.93. The van der Waals surface area contributed by atoms with Crippen LogP contribution < -0.4 is 10.0 Å². The number of hydrogen-bond donors (Lipinski definition) is 2. The number of hydrogen-bond acceptors (Lipinski definition) is 5. The molecule has 11 heteroatoms. The number of aromatic nitrogens is 1. The van der Waals surface area contributed by atoms with E-state index in [2.05, 4.69) is 9.71 Å². The van der Waals surface area contributed by atoms with Gasteiger partial charge in [-0.25, -0.2) is 13.4 Å². The summed E-state index contributed by atoms with van der Waals surface area (Å²) in [6, 6.07) is 4.61. The first-order chi connectivity index (χ1) is 12.1. The van der Waals surface area contributed by atoms with E-state index < -0.39 is 28.7 Å². The van der Waals surface area contributed by atoms with Gasteiger partial charge in [-0.15, -0.1) is 11.3 Å². The Bertz CT molecular complexity index is 904. The van der Waals surface area contributed by atoms with Crippen molar-refractivity contribution in [2.24, 2.45) is 0 Å². The Morgan fingerprint density at radius 3 is 2.46 bits per heavy atom. The van der Waals surface area contributed by atoms with Gasteiger partial charge in [0.15, 0.2) is 5.13 Å². The first kappa shape index (κ1) is 18.6. The van der Waals surface area contributed by atoms with E-state index in [0.717, 1.165) is 42.8 Å². The number of rotatable bonds is 6. The Labute approximate surface area is 151 Å². The number of benzene rings is 1. The van der Waals surface area contributed by atoms with E-state index in [-0.39, 0.29) is 15.6 Å². The van der Waals surface area contributed by atoms with Crippen LogP contribution in [0.2, 0.25) is 0 Å². The van der Waals surface area contributed by atoms with Crippen LogP contribution in [0.4, 0.5) is 18.3 Å². The van der Waals surface area contributed by atoms with Crippen LogP contribution in [0.3, 0.4) is 0 Å². The van der Waals surface area contributed by atoms with Crippen molar-refractivity contribution in [2.75, 3.05) is 11.3 Å². The molecule has 1 aromatic carbocycles. The number of halogens is 3. The fourth-order valence-electron chi connectivity index (χ4n) is 2.14. The number of carbonyl (C=O) groups excluding carboxylic acids is 1. The number of thiazole rings is 1. The maximum Gasteiger partial charge on any atom is 0.405 e. The molecule has 0 atom stereocenters. The van der Waals surface area contributed by atoms with Gasteiger partial charge < -0.3 is 5.32 Å². The number of carbonyl (C=O) groups is 1. The highest BCUT2D eigenvalue weighted by molar-refractivity contribution is 7.93. The highest BCUT2D eigenvalue weighted by Crippen LogP contribution is 2.41. The van der Waals surface area contributed by atoms with E-state index >= 15 is 0 Å². The summed E-state index contributed by atoms with van der Waals surface area (Å²) in [5.41, 5.74) is 0.794. The molecular weight excluding hydrogens is 391 g/mol. The molecule has 0 spiro atoms. The lowest BCUT2D eigenvalue weighted by atomic mass is 10.2. The summed E-state index contributed by atoms with van der Waals surface area (Å²) in [6.45, 7) is -1.46. The van der Waals surface area contributed by atoms with Gasteiger partial charge in [0.05, 0.1) is 10.6 Å². The van der Waals surface area contributed by atoms with Gasteiger partial charge in [0, 0.05) is 16.9 Å². The molecule has 1 aliphatic carbocycles. The summed E-state index contributed by atoms with van der Waals surface area (Å²) in [4.78, 5) is 15.7. The Hall–Kier alpha value is -2.14. The van der Waals surface area contributed by atoms with E-state index in [1.54, 1.807) is 5.32 Å². The van der Waals surface area contributed by atoms with Crippen molar-refractivity contribution in [3.05, 3.63) is 40.9 Å². The van der Waals surface area contributed by atoms with Crippen molar-refractivity contribution in [3.63, 3.8) is 0 Å². The van der Waals surface area contributed by atoms with Gasteiger partial charge in [-0.3, -0.25) is 9.52 Å². The summed E-state index contributed by atoms with van der Waals surface area (Å²) in [5.74, 6) is -0.535. The largest absolute Gasteiger partial charge is 0.405 e. The average Bonchev–Trinajstić information content (AvgIpc) is 3.32. The lowest BCUT2D eigenvalue weighted by molar-refractivity contribution is -0.123. The fraction of sp³-hybridized carbons (Fsp3) is 0.333. The maximum absolute atomic E-state index is 12.3. The molecule has 2 N–H and O–H groups in total. The molecule has 0 radical (unpaired) electrons. The van der Waals surface area contributed by atoms with Crippen LogP contribution in [0.15, 0.2) is 34.5 Å². The molecule has 6 nitrogen and oxygen atoms in total.